The van der Waals surface area contributed by atoms with Gasteiger partial charge in [0.15, 0.2) is 0 Å². The van der Waals surface area contributed by atoms with E-state index in [1.807, 2.05) is 6.07 Å². The van der Waals surface area contributed by atoms with Gasteiger partial charge in [-0.3, -0.25) is 9.69 Å². The number of hydrogen-bond donors (Lipinski definition) is 1. The number of piperidine rings is 1. The molecule has 1 aliphatic heterocycles. The summed E-state index contributed by atoms with van der Waals surface area (Å²) in [6.45, 7) is 4.22. The minimum Gasteiger partial charge on any atom is -0.355 e. The van der Waals surface area contributed by atoms with Gasteiger partial charge in [0.25, 0.3) is 0 Å². The van der Waals surface area contributed by atoms with Crippen molar-refractivity contribution >= 4 is 27.5 Å². The summed E-state index contributed by atoms with van der Waals surface area (Å²) >= 11 is 1.77. The van der Waals surface area contributed by atoms with Crippen LogP contribution in [0.5, 0.6) is 0 Å². The van der Waals surface area contributed by atoms with Gasteiger partial charge in [0.2, 0.25) is 5.91 Å². The average Bonchev–Trinajstić information content (AvgIpc) is 3.14. The van der Waals surface area contributed by atoms with Gasteiger partial charge in [-0.05, 0) is 56.0 Å². The number of likely N-dealkylation sites (tertiary alicyclic amines) is 1. The number of carbonyl (C=O) groups excluding carboxylic acids is 1. The Labute approximate surface area is 170 Å². The van der Waals surface area contributed by atoms with Crippen LogP contribution in [-0.4, -0.2) is 35.4 Å². The Morgan fingerprint density at radius 3 is 2.86 bits per heavy atom. The second-order valence-electron chi connectivity index (χ2n) is 7.53. The van der Waals surface area contributed by atoms with Crippen molar-refractivity contribution in [1.82, 2.24) is 15.2 Å². The molecular formula is C23H27N3OS. The average molecular weight is 394 g/mol. The van der Waals surface area contributed by atoms with Crippen LogP contribution in [0.2, 0.25) is 0 Å². The molecular weight excluding hydrogens is 366 g/mol. The van der Waals surface area contributed by atoms with E-state index in [1.165, 1.54) is 22.2 Å². The van der Waals surface area contributed by atoms with E-state index in [2.05, 4.69) is 59.6 Å². The van der Waals surface area contributed by atoms with Gasteiger partial charge in [-0.15, -0.1) is 11.3 Å². The molecule has 1 N–H and O–H groups in total. The van der Waals surface area contributed by atoms with E-state index in [9.17, 15) is 4.79 Å². The first-order chi connectivity index (χ1) is 13.7. The topological polar surface area (TPSA) is 45.2 Å². The number of rotatable bonds is 6. The number of nitrogens with one attached hydrogen (secondary N) is 1. The molecule has 0 unspecified atom stereocenters. The van der Waals surface area contributed by atoms with Crippen molar-refractivity contribution in [1.29, 1.82) is 0 Å². The summed E-state index contributed by atoms with van der Waals surface area (Å²) in [4.78, 5) is 19.7. The molecule has 1 amide bonds. The van der Waals surface area contributed by atoms with Gasteiger partial charge < -0.3 is 5.32 Å². The molecule has 4 nitrogen and oxygen atoms in total. The monoisotopic (exact) mass is 393 g/mol. The van der Waals surface area contributed by atoms with Crippen LogP contribution in [0, 0.1) is 6.92 Å². The highest BCUT2D eigenvalue weighted by molar-refractivity contribution is 7.18. The van der Waals surface area contributed by atoms with Crippen molar-refractivity contribution in [3.8, 4) is 0 Å². The van der Waals surface area contributed by atoms with E-state index in [4.69, 9.17) is 4.98 Å². The Morgan fingerprint density at radius 2 is 2.00 bits per heavy atom. The molecule has 1 saturated heterocycles. The minimum absolute atomic E-state index is 0.113. The standard InChI is InChI=1S/C23H27N3OS/c1-17-8-2-3-9-18(17)13-14-24-22(27)16-26-15-7-6-11-20(26)23-25-19-10-4-5-12-21(19)28-23/h2-5,8-10,12,20H,6-7,11,13-16H2,1H3,(H,24,27)/t20-/m1/s1. The van der Waals surface area contributed by atoms with Crippen LogP contribution in [0.1, 0.15) is 41.4 Å². The molecule has 0 spiro atoms. The van der Waals surface area contributed by atoms with Crippen LogP contribution in [0.4, 0.5) is 0 Å². The molecule has 28 heavy (non-hydrogen) atoms. The predicted molar refractivity (Wildman–Crippen MR) is 116 cm³/mol. The number of hydrogen-bond acceptors (Lipinski definition) is 4. The number of aryl methyl sites for hydroxylation is 1. The lowest BCUT2D eigenvalue weighted by atomic mass is 10.0. The first-order valence-electron chi connectivity index (χ1n) is 10.1. The molecule has 2 heterocycles. The number of thiazole rings is 1. The number of benzene rings is 2. The second-order valence-corrected chi connectivity index (χ2v) is 8.59. The molecule has 1 aliphatic rings. The number of para-hydroxylation sites is 1. The Kier molecular flexibility index (Phi) is 6.03. The summed E-state index contributed by atoms with van der Waals surface area (Å²) in [6, 6.07) is 16.9. The van der Waals surface area contributed by atoms with E-state index < -0.39 is 0 Å². The summed E-state index contributed by atoms with van der Waals surface area (Å²) < 4.78 is 1.23. The van der Waals surface area contributed by atoms with E-state index in [0.717, 1.165) is 36.3 Å². The number of fused-ring (bicyclic) bond motifs is 1. The molecule has 0 saturated carbocycles. The summed E-state index contributed by atoms with van der Waals surface area (Å²) in [5.74, 6) is 0.113. The predicted octanol–water partition coefficient (Wildman–Crippen LogP) is 4.49. The maximum atomic E-state index is 12.6. The Bertz CT molecular complexity index is 919. The third-order valence-corrected chi connectivity index (χ3v) is 6.67. The lowest BCUT2D eigenvalue weighted by molar-refractivity contribution is -0.123. The Balaban J connectivity index is 1.36. The molecule has 1 atom stereocenters. The van der Waals surface area contributed by atoms with Gasteiger partial charge in [0.1, 0.15) is 5.01 Å². The number of carbonyl (C=O) groups is 1. The van der Waals surface area contributed by atoms with Crippen molar-refractivity contribution < 1.29 is 4.79 Å². The van der Waals surface area contributed by atoms with Gasteiger partial charge in [0, 0.05) is 6.54 Å². The second kappa shape index (κ2) is 8.84. The summed E-state index contributed by atoms with van der Waals surface area (Å²) in [6.07, 6.45) is 4.31. The Hall–Kier alpha value is -2.24. The van der Waals surface area contributed by atoms with Gasteiger partial charge in [0.05, 0.1) is 22.8 Å². The summed E-state index contributed by atoms with van der Waals surface area (Å²) in [5, 5.41) is 4.25. The zero-order valence-corrected chi connectivity index (χ0v) is 17.2. The molecule has 0 bridgehead atoms. The quantitative estimate of drug-likeness (QED) is 0.671. The third-order valence-electron chi connectivity index (χ3n) is 5.53. The highest BCUT2D eigenvalue weighted by Gasteiger charge is 2.28. The highest BCUT2D eigenvalue weighted by Crippen LogP contribution is 2.35. The smallest absolute Gasteiger partial charge is 0.234 e. The number of nitrogens with zero attached hydrogens (tertiary/aromatic N) is 2. The van der Waals surface area contributed by atoms with Crippen molar-refractivity contribution in [3.05, 3.63) is 64.7 Å². The molecule has 3 aromatic rings. The van der Waals surface area contributed by atoms with Crippen molar-refractivity contribution in [2.45, 2.75) is 38.6 Å². The normalized spacial score (nSPS) is 17.7. The van der Waals surface area contributed by atoms with Gasteiger partial charge in [-0.25, -0.2) is 4.98 Å². The van der Waals surface area contributed by atoms with Gasteiger partial charge >= 0.3 is 0 Å². The maximum absolute atomic E-state index is 12.6. The van der Waals surface area contributed by atoms with E-state index in [1.54, 1.807) is 11.3 Å². The third kappa shape index (κ3) is 4.42. The van der Waals surface area contributed by atoms with E-state index >= 15 is 0 Å². The first-order valence-corrected chi connectivity index (χ1v) is 10.9. The fourth-order valence-electron chi connectivity index (χ4n) is 3.96. The van der Waals surface area contributed by atoms with Crippen LogP contribution in [0.15, 0.2) is 48.5 Å². The van der Waals surface area contributed by atoms with Crippen LogP contribution in [0.25, 0.3) is 10.2 Å². The minimum atomic E-state index is 0.113. The lowest BCUT2D eigenvalue weighted by Gasteiger charge is -2.33. The molecule has 2 aromatic carbocycles. The molecule has 1 fully saturated rings. The summed E-state index contributed by atoms with van der Waals surface area (Å²) in [7, 11) is 0. The molecule has 146 valence electrons. The largest absolute Gasteiger partial charge is 0.355 e. The van der Waals surface area contributed by atoms with Crippen LogP contribution in [0.3, 0.4) is 0 Å². The molecule has 4 rings (SSSR count). The zero-order valence-electron chi connectivity index (χ0n) is 16.4. The zero-order chi connectivity index (χ0) is 19.3. The van der Waals surface area contributed by atoms with E-state index in [-0.39, 0.29) is 11.9 Å². The fraction of sp³-hybridized carbons (Fsp3) is 0.391. The van der Waals surface area contributed by atoms with Crippen LogP contribution >= 0.6 is 11.3 Å². The first kappa shape index (κ1) is 19.1. The van der Waals surface area contributed by atoms with Crippen molar-refractivity contribution in [3.63, 3.8) is 0 Å². The fourth-order valence-corrected chi connectivity index (χ4v) is 5.10. The highest BCUT2D eigenvalue weighted by atomic mass is 32.1. The lowest BCUT2D eigenvalue weighted by Crippen LogP contribution is -2.42. The van der Waals surface area contributed by atoms with E-state index in [0.29, 0.717) is 13.1 Å². The molecule has 1 aromatic heterocycles. The molecule has 0 radical (unpaired) electrons. The summed E-state index contributed by atoms with van der Waals surface area (Å²) in [5.41, 5.74) is 3.65. The SMILES string of the molecule is Cc1ccccc1CCNC(=O)CN1CCCC[C@@H]1c1nc2ccccc2s1. The van der Waals surface area contributed by atoms with Crippen LogP contribution < -0.4 is 5.32 Å². The van der Waals surface area contributed by atoms with Gasteiger partial charge in [-0.2, -0.15) is 0 Å². The molecule has 0 aliphatic carbocycles. The number of aromatic nitrogens is 1. The Morgan fingerprint density at radius 1 is 1.18 bits per heavy atom. The maximum Gasteiger partial charge on any atom is 0.234 e. The molecule has 5 heteroatoms. The number of amides is 1. The van der Waals surface area contributed by atoms with Crippen molar-refractivity contribution in [2.24, 2.45) is 0 Å². The van der Waals surface area contributed by atoms with Crippen LogP contribution in [-0.2, 0) is 11.2 Å². The van der Waals surface area contributed by atoms with Crippen molar-refractivity contribution in [2.75, 3.05) is 19.6 Å². The van der Waals surface area contributed by atoms with Gasteiger partial charge in [-0.1, -0.05) is 42.8 Å².